The van der Waals surface area contributed by atoms with Gasteiger partial charge >= 0.3 is 0 Å². The highest BCUT2D eigenvalue weighted by atomic mass is 79.9. The molecule has 0 radical (unpaired) electrons. The fourth-order valence-electron chi connectivity index (χ4n) is 2.10. The van der Waals surface area contributed by atoms with Crippen LogP contribution >= 0.6 is 15.9 Å². The van der Waals surface area contributed by atoms with E-state index in [0.29, 0.717) is 16.7 Å². The first-order valence-corrected chi connectivity index (χ1v) is 7.61. The number of H-pyrrole nitrogens is 1. The van der Waals surface area contributed by atoms with E-state index in [2.05, 4.69) is 25.9 Å². The Morgan fingerprint density at radius 2 is 1.77 bits per heavy atom. The standard InChI is InChI=1S/C18H13BrN2O/c19-14(12-13-6-2-1-3-7-13)10-11-17-20-16-9-5-4-8-15(16)18(22)21-17/h1-12H,(H,20,21,22)/b11-10+,14-12-. The van der Waals surface area contributed by atoms with Gasteiger partial charge in [-0.2, -0.15) is 0 Å². The van der Waals surface area contributed by atoms with E-state index in [4.69, 9.17) is 0 Å². The number of fused-ring (bicyclic) bond motifs is 1. The lowest BCUT2D eigenvalue weighted by Gasteiger charge is -1.98. The maximum atomic E-state index is 12.0. The van der Waals surface area contributed by atoms with E-state index in [-0.39, 0.29) is 5.56 Å². The first-order valence-electron chi connectivity index (χ1n) is 6.82. The van der Waals surface area contributed by atoms with Gasteiger partial charge in [0.25, 0.3) is 5.56 Å². The van der Waals surface area contributed by atoms with Gasteiger partial charge in [0.2, 0.25) is 0 Å². The van der Waals surface area contributed by atoms with Crippen LogP contribution in [-0.2, 0) is 0 Å². The maximum Gasteiger partial charge on any atom is 0.259 e. The van der Waals surface area contributed by atoms with Crippen LogP contribution in [0, 0.1) is 0 Å². The molecule has 0 aliphatic rings. The molecule has 1 heterocycles. The molecule has 0 unspecified atom stereocenters. The fraction of sp³-hybridized carbons (Fsp3) is 0. The molecule has 0 bridgehead atoms. The normalized spacial score (nSPS) is 12.1. The number of hydrogen-bond donors (Lipinski definition) is 1. The van der Waals surface area contributed by atoms with Crippen LogP contribution in [-0.4, -0.2) is 9.97 Å². The number of allylic oxidation sites excluding steroid dienone is 2. The highest BCUT2D eigenvalue weighted by Gasteiger charge is 2.00. The Morgan fingerprint density at radius 3 is 2.59 bits per heavy atom. The summed E-state index contributed by atoms with van der Waals surface area (Å²) in [6.07, 6.45) is 5.63. The number of nitrogens with zero attached hydrogens (tertiary/aromatic N) is 1. The van der Waals surface area contributed by atoms with Crippen molar-refractivity contribution in [3.05, 3.63) is 86.9 Å². The SMILES string of the molecule is O=c1[nH]c(/C=C/C(Br)=C/c2ccccc2)nc2ccccc12. The monoisotopic (exact) mass is 352 g/mol. The number of aromatic nitrogens is 2. The summed E-state index contributed by atoms with van der Waals surface area (Å²) in [5, 5.41) is 0.596. The molecule has 0 aliphatic carbocycles. The second-order valence-corrected chi connectivity index (χ2v) is 5.66. The van der Waals surface area contributed by atoms with E-state index >= 15 is 0 Å². The Morgan fingerprint density at radius 1 is 1.05 bits per heavy atom. The number of rotatable bonds is 3. The van der Waals surface area contributed by atoms with Gasteiger partial charge in [-0.05, 0) is 35.9 Å². The number of halogens is 1. The highest BCUT2D eigenvalue weighted by molar-refractivity contribution is 9.12. The third-order valence-electron chi connectivity index (χ3n) is 3.14. The lowest BCUT2D eigenvalue weighted by atomic mass is 10.2. The van der Waals surface area contributed by atoms with Crippen molar-refractivity contribution in [2.75, 3.05) is 0 Å². The summed E-state index contributed by atoms with van der Waals surface area (Å²) >= 11 is 3.49. The Balaban J connectivity index is 1.89. The summed E-state index contributed by atoms with van der Waals surface area (Å²) in [5.74, 6) is 0.530. The van der Waals surface area contributed by atoms with Crippen molar-refractivity contribution in [1.29, 1.82) is 0 Å². The zero-order chi connectivity index (χ0) is 15.4. The second-order valence-electron chi connectivity index (χ2n) is 4.74. The van der Waals surface area contributed by atoms with Crippen molar-refractivity contribution < 1.29 is 0 Å². The van der Waals surface area contributed by atoms with Gasteiger partial charge in [0.05, 0.1) is 10.9 Å². The van der Waals surface area contributed by atoms with Crippen molar-refractivity contribution in [3.8, 4) is 0 Å². The molecule has 108 valence electrons. The molecule has 0 spiro atoms. The lowest BCUT2D eigenvalue weighted by Crippen LogP contribution is -2.09. The van der Waals surface area contributed by atoms with Crippen LogP contribution in [0.15, 0.2) is 70.0 Å². The van der Waals surface area contributed by atoms with Crippen molar-refractivity contribution in [2.45, 2.75) is 0 Å². The van der Waals surface area contributed by atoms with E-state index in [1.54, 1.807) is 12.1 Å². The summed E-state index contributed by atoms with van der Waals surface area (Å²) in [6.45, 7) is 0. The van der Waals surface area contributed by atoms with Crippen LogP contribution in [0.1, 0.15) is 11.4 Å². The van der Waals surface area contributed by atoms with Gasteiger partial charge in [-0.25, -0.2) is 4.98 Å². The zero-order valence-electron chi connectivity index (χ0n) is 11.7. The minimum Gasteiger partial charge on any atom is -0.306 e. The molecule has 4 heteroatoms. The van der Waals surface area contributed by atoms with Crippen LogP contribution < -0.4 is 5.56 Å². The first-order chi connectivity index (χ1) is 10.7. The average Bonchev–Trinajstić information content (AvgIpc) is 2.54. The van der Waals surface area contributed by atoms with E-state index < -0.39 is 0 Å². The minimum absolute atomic E-state index is 0.131. The van der Waals surface area contributed by atoms with E-state index in [1.165, 1.54) is 0 Å². The van der Waals surface area contributed by atoms with Crippen LogP contribution in [0.3, 0.4) is 0 Å². The fourth-order valence-corrected chi connectivity index (χ4v) is 2.50. The Labute approximate surface area is 136 Å². The van der Waals surface area contributed by atoms with E-state index in [9.17, 15) is 4.79 Å². The molecule has 1 aromatic heterocycles. The highest BCUT2D eigenvalue weighted by Crippen LogP contribution is 2.14. The third-order valence-corrected chi connectivity index (χ3v) is 3.63. The molecule has 1 N–H and O–H groups in total. The summed E-state index contributed by atoms with van der Waals surface area (Å²) in [4.78, 5) is 19.2. The van der Waals surface area contributed by atoms with Gasteiger partial charge in [0.15, 0.2) is 0 Å². The smallest absolute Gasteiger partial charge is 0.259 e. The molecule has 0 saturated heterocycles. The molecule has 0 fully saturated rings. The van der Waals surface area contributed by atoms with E-state index in [0.717, 1.165) is 10.0 Å². The van der Waals surface area contributed by atoms with Gasteiger partial charge in [-0.3, -0.25) is 4.79 Å². The van der Waals surface area contributed by atoms with E-state index in [1.807, 2.05) is 60.7 Å². The summed E-state index contributed by atoms with van der Waals surface area (Å²) in [7, 11) is 0. The zero-order valence-corrected chi connectivity index (χ0v) is 13.2. The number of aromatic amines is 1. The van der Waals surface area contributed by atoms with Gasteiger partial charge in [-0.15, -0.1) is 0 Å². The van der Waals surface area contributed by atoms with Crippen molar-refractivity contribution in [3.63, 3.8) is 0 Å². The predicted molar refractivity (Wildman–Crippen MR) is 94.7 cm³/mol. The van der Waals surface area contributed by atoms with Gasteiger partial charge in [0.1, 0.15) is 5.82 Å². The molecular weight excluding hydrogens is 340 g/mol. The van der Waals surface area contributed by atoms with Gasteiger partial charge < -0.3 is 4.98 Å². The molecule has 2 aromatic carbocycles. The van der Waals surface area contributed by atoms with Gasteiger partial charge in [-0.1, -0.05) is 58.4 Å². The molecule has 0 saturated carbocycles. The van der Waals surface area contributed by atoms with Crippen molar-refractivity contribution in [1.82, 2.24) is 9.97 Å². The summed E-state index contributed by atoms with van der Waals surface area (Å²) < 4.78 is 0.898. The van der Waals surface area contributed by atoms with Crippen molar-refractivity contribution >= 4 is 39.0 Å². The maximum absolute atomic E-state index is 12.0. The van der Waals surface area contributed by atoms with Crippen LogP contribution in [0.25, 0.3) is 23.1 Å². The Hall–Kier alpha value is -2.46. The molecule has 0 amide bonds. The number of nitrogens with one attached hydrogen (secondary N) is 1. The lowest BCUT2D eigenvalue weighted by molar-refractivity contribution is 1.14. The molecule has 0 aliphatic heterocycles. The first kappa shape index (κ1) is 14.5. The molecular formula is C18H13BrN2O. The van der Waals surface area contributed by atoms with Crippen LogP contribution in [0.4, 0.5) is 0 Å². The third kappa shape index (κ3) is 3.40. The summed E-state index contributed by atoms with van der Waals surface area (Å²) in [5.41, 5.74) is 1.65. The molecule has 3 rings (SSSR count). The molecule has 22 heavy (non-hydrogen) atoms. The van der Waals surface area contributed by atoms with Crippen molar-refractivity contribution in [2.24, 2.45) is 0 Å². The van der Waals surface area contributed by atoms with Gasteiger partial charge in [0, 0.05) is 4.48 Å². The molecule has 3 aromatic rings. The van der Waals surface area contributed by atoms with Crippen LogP contribution in [0.2, 0.25) is 0 Å². The summed E-state index contributed by atoms with van der Waals surface area (Å²) in [6, 6.07) is 17.3. The second kappa shape index (κ2) is 6.54. The number of hydrogen-bond acceptors (Lipinski definition) is 2. The number of benzene rings is 2. The number of para-hydroxylation sites is 1. The molecule has 3 nitrogen and oxygen atoms in total. The molecule has 0 atom stereocenters. The quantitative estimate of drug-likeness (QED) is 0.711. The largest absolute Gasteiger partial charge is 0.306 e. The minimum atomic E-state index is -0.131. The Kier molecular flexibility index (Phi) is 4.30. The predicted octanol–water partition coefficient (Wildman–Crippen LogP) is 4.37. The Bertz CT molecular complexity index is 911. The topological polar surface area (TPSA) is 45.8 Å². The average molecular weight is 353 g/mol. The van der Waals surface area contributed by atoms with Crippen LogP contribution in [0.5, 0.6) is 0 Å².